The number of fused-ring (bicyclic) bond motifs is 1. The van der Waals surface area contributed by atoms with E-state index in [-0.39, 0.29) is 12.0 Å². The molecule has 0 N–H and O–H groups in total. The summed E-state index contributed by atoms with van der Waals surface area (Å²) in [5.74, 6) is 0.601. The summed E-state index contributed by atoms with van der Waals surface area (Å²) in [4.78, 5) is 28.6. The van der Waals surface area contributed by atoms with E-state index in [0.29, 0.717) is 19.0 Å². The predicted molar refractivity (Wildman–Crippen MR) is 96.6 cm³/mol. The fourth-order valence-electron chi connectivity index (χ4n) is 3.58. The number of carbonyl (C=O) groups is 2. The summed E-state index contributed by atoms with van der Waals surface area (Å²) >= 11 is 0. The van der Waals surface area contributed by atoms with Gasteiger partial charge in [0.1, 0.15) is 5.60 Å². The van der Waals surface area contributed by atoms with Gasteiger partial charge < -0.3 is 14.5 Å². The van der Waals surface area contributed by atoms with Crippen LogP contribution in [0.1, 0.15) is 49.5 Å². The van der Waals surface area contributed by atoms with Crippen LogP contribution in [0.5, 0.6) is 0 Å². The van der Waals surface area contributed by atoms with Gasteiger partial charge in [-0.2, -0.15) is 0 Å². The van der Waals surface area contributed by atoms with Gasteiger partial charge in [0.15, 0.2) is 0 Å². The van der Waals surface area contributed by atoms with Crippen molar-refractivity contribution in [1.82, 2.24) is 9.80 Å². The SMILES string of the molecule is CC(C)(C)OC(=O)N1CCC(CN2CCc3ccccc3C2=O)CC1. The quantitative estimate of drug-likeness (QED) is 0.827. The van der Waals surface area contributed by atoms with Gasteiger partial charge in [0.25, 0.3) is 5.91 Å². The van der Waals surface area contributed by atoms with Crippen molar-refractivity contribution in [3.05, 3.63) is 35.4 Å². The summed E-state index contributed by atoms with van der Waals surface area (Å²) in [6, 6.07) is 7.90. The molecule has 5 heteroatoms. The fourth-order valence-corrected chi connectivity index (χ4v) is 3.58. The highest BCUT2D eigenvalue weighted by Gasteiger charge is 2.30. The van der Waals surface area contributed by atoms with E-state index in [1.54, 1.807) is 4.90 Å². The van der Waals surface area contributed by atoms with Crippen LogP contribution in [0.15, 0.2) is 24.3 Å². The third kappa shape index (κ3) is 4.33. The normalized spacial score (nSPS) is 18.9. The minimum Gasteiger partial charge on any atom is -0.444 e. The van der Waals surface area contributed by atoms with Gasteiger partial charge in [0.2, 0.25) is 0 Å². The third-order valence-corrected chi connectivity index (χ3v) is 4.93. The summed E-state index contributed by atoms with van der Waals surface area (Å²) in [5, 5.41) is 0. The molecule has 0 aliphatic carbocycles. The number of amides is 2. The molecule has 0 aromatic heterocycles. The zero-order chi connectivity index (χ0) is 18.0. The third-order valence-electron chi connectivity index (χ3n) is 4.93. The summed E-state index contributed by atoms with van der Waals surface area (Å²) in [5.41, 5.74) is 1.55. The molecule has 3 rings (SSSR count). The molecule has 0 radical (unpaired) electrons. The second kappa shape index (κ2) is 7.06. The summed E-state index contributed by atoms with van der Waals surface area (Å²) in [7, 11) is 0. The summed E-state index contributed by atoms with van der Waals surface area (Å²) in [6.07, 6.45) is 2.54. The molecule has 0 bridgehead atoms. The first-order chi connectivity index (χ1) is 11.8. The van der Waals surface area contributed by atoms with Crippen LogP contribution in [-0.2, 0) is 11.2 Å². The number of carbonyl (C=O) groups excluding carboxylic acids is 2. The molecule has 2 amide bonds. The van der Waals surface area contributed by atoms with E-state index in [2.05, 4.69) is 0 Å². The average Bonchev–Trinajstić information content (AvgIpc) is 2.57. The van der Waals surface area contributed by atoms with Gasteiger partial charge >= 0.3 is 6.09 Å². The molecule has 1 fully saturated rings. The maximum absolute atomic E-state index is 12.7. The van der Waals surface area contributed by atoms with Crippen molar-refractivity contribution in [3.63, 3.8) is 0 Å². The Kier molecular flexibility index (Phi) is 5.02. The van der Waals surface area contributed by atoms with E-state index in [0.717, 1.165) is 43.5 Å². The molecule has 5 nitrogen and oxygen atoms in total. The van der Waals surface area contributed by atoms with Crippen LogP contribution in [0.25, 0.3) is 0 Å². The van der Waals surface area contributed by atoms with Crippen molar-refractivity contribution in [2.75, 3.05) is 26.2 Å². The van der Waals surface area contributed by atoms with Crippen molar-refractivity contribution in [1.29, 1.82) is 0 Å². The number of hydrogen-bond acceptors (Lipinski definition) is 3. The van der Waals surface area contributed by atoms with Crippen molar-refractivity contribution in [3.8, 4) is 0 Å². The highest BCUT2D eigenvalue weighted by molar-refractivity contribution is 5.96. The lowest BCUT2D eigenvalue weighted by atomic mass is 9.93. The van der Waals surface area contributed by atoms with Crippen molar-refractivity contribution in [2.45, 2.75) is 45.6 Å². The molecule has 2 aliphatic rings. The number of benzene rings is 1. The first-order valence-corrected chi connectivity index (χ1v) is 9.18. The Balaban J connectivity index is 1.52. The van der Waals surface area contributed by atoms with Crippen molar-refractivity contribution < 1.29 is 14.3 Å². The Morgan fingerprint density at radius 2 is 1.84 bits per heavy atom. The first-order valence-electron chi connectivity index (χ1n) is 9.18. The molecular weight excluding hydrogens is 316 g/mol. The predicted octanol–water partition coefficient (Wildman–Crippen LogP) is 3.33. The number of rotatable bonds is 2. The molecule has 1 saturated heterocycles. The van der Waals surface area contributed by atoms with Crippen LogP contribution in [-0.4, -0.2) is 53.6 Å². The van der Waals surface area contributed by atoms with Crippen LogP contribution in [0.4, 0.5) is 4.79 Å². The molecule has 25 heavy (non-hydrogen) atoms. The van der Waals surface area contributed by atoms with Gasteiger partial charge in [0.05, 0.1) is 0 Å². The lowest BCUT2D eigenvalue weighted by Crippen LogP contribution is -2.46. The number of likely N-dealkylation sites (tertiary alicyclic amines) is 1. The topological polar surface area (TPSA) is 49.9 Å². The zero-order valence-corrected chi connectivity index (χ0v) is 15.5. The summed E-state index contributed by atoms with van der Waals surface area (Å²) in [6.45, 7) is 8.65. The number of ether oxygens (including phenoxy) is 1. The molecule has 1 aromatic rings. The van der Waals surface area contributed by atoms with Crippen LogP contribution < -0.4 is 0 Å². The molecule has 2 heterocycles. The monoisotopic (exact) mass is 344 g/mol. The Labute approximate surface area is 149 Å². The summed E-state index contributed by atoms with van der Waals surface area (Å²) < 4.78 is 5.44. The molecule has 1 aromatic carbocycles. The standard InChI is InChI=1S/C20H28N2O3/c1-20(2,3)25-19(24)21-11-8-15(9-12-21)14-22-13-10-16-6-4-5-7-17(16)18(22)23/h4-7,15H,8-14H2,1-3H3. The first kappa shape index (κ1) is 17.8. The lowest BCUT2D eigenvalue weighted by Gasteiger charge is -2.37. The highest BCUT2D eigenvalue weighted by Crippen LogP contribution is 2.24. The molecule has 0 spiro atoms. The van der Waals surface area contributed by atoms with Gasteiger partial charge in [-0.05, 0) is 57.6 Å². The van der Waals surface area contributed by atoms with E-state index in [1.807, 2.05) is 49.9 Å². The van der Waals surface area contributed by atoms with Gasteiger partial charge in [-0.25, -0.2) is 4.79 Å². The Bertz CT molecular complexity index is 643. The maximum atomic E-state index is 12.7. The van der Waals surface area contributed by atoms with Crippen molar-refractivity contribution >= 4 is 12.0 Å². The molecular formula is C20H28N2O3. The van der Waals surface area contributed by atoms with Crippen molar-refractivity contribution in [2.24, 2.45) is 5.92 Å². The van der Waals surface area contributed by atoms with E-state index in [4.69, 9.17) is 4.74 Å². The maximum Gasteiger partial charge on any atom is 0.410 e. The minimum atomic E-state index is -0.457. The van der Waals surface area contributed by atoms with E-state index < -0.39 is 5.60 Å². The highest BCUT2D eigenvalue weighted by atomic mass is 16.6. The largest absolute Gasteiger partial charge is 0.444 e. The Hall–Kier alpha value is -2.04. The van der Waals surface area contributed by atoms with E-state index >= 15 is 0 Å². The van der Waals surface area contributed by atoms with Crippen LogP contribution in [0, 0.1) is 5.92 Å². The molecule has 2 aliphatic heterocycles. The molecule has 136 valence electrons. The van der Waals surface area contributed by atoms with Gasteiger partial charge in [-0.3, -0.25) is 4.79 Å². The van der Waals surface area contributed by atoms with E-state index in [1.165, 1.54) is 0 Å². The fraction of sp³-hybridized carbons (Fsp3) is 0.600. The lowest BCUT2D eigenvalue weighted by molar-refractivity contribution is 0.0166. The average molecular weight is 344 g/mol. The molecule has 0 atom stereocenters. The molecule has 0 unspecified atom stereocenters. The van der Waals surface area contributed by atoms with Gasteiger partial charge in [-0.1, -0.05) is 18.2 Å². The number of nitrogens with zero attached hydrogens (tertiary/aromatic N) is 2. The van der Waals surface area contributed by atoms with E-state index in [9.17, 15) is 9.59 Å². The second-order valence-electron chi connectivity index (χ2n) is 8.07. The molecule has 0 saturated carbocycles. The minimum absolute atomic E-state index is 0.149. The number of hydrogen-bond donors (Lipinski definition) is 0. The van der Waals surface area contributed by atoms with Crippen LogP contribution in [0.2, 0.25) is 0 Å². The smallest absolute Gasteiger partial charge is 0.410 e. The second-order valence-corrected chi connectivity index (χ2v) is 8.07. The van der Waals surface area contributed by atoms with Gasteiger partial charge in [0, 0.05) is 31.7 Å². The van der Waals surface area contributed by atoms with Crippen LogP contribution in [0.3, 0.4) is 0 Å². The zero-order valence-electron chi connectivity index (χ0n) is 15.5. The van der Waals surface area contributed by atoms with Gasteiger partial charge in [-0.15, -0.1) is 0 Å². The number of piperidine rings is 1. The Morgan fingerprint density at radius 1 is 1.16 bits per heavy atom. The Morgan fingerprint density at radius 3 is 2.52 bits per heavy atom. The van der Waals surface area contributed by atoms with Crippen LogP contribution >= 0.6 is 0 Å².